The van der Waals surface area contributed by atoms with Crippen molar-refractivity contribution in [2.45, 2.75) is 26.7 Å². The van der Waals surface area contributed by atoms with Gasteiger partial charge < -0.3 is 4.74 Å². The summed E-state index contributed by atoms with van der Waals surface area (Å²) < 4.78 is 5.35. The first-order valence-corrected chi connectivity index (χ1v) is 5.51. The van der Waals surface area contributed by atoms with E-state index in [1.54, 1.807) is 7.11 Å². The lowest BCUT2D eigenvalue weighted by molar-refractivity contribution is -0.114. The third-order valence-corrected chi connectivity index (χ3v) is 3.15. The lowest BCUT2D eigenvalue weighted by Crippen LogP contribution is -1.93. The van der Waals surface area contributed by atoms with Gasteiger partial charge in [-0.1, -0.05) is 11.6 Å². The molecule has 0 spiro atoms. The van der Waals surface area contributed by atoms with Crippen molar-refractivity contribution >= 4 is 11.4 Å². The van der Waals surface area contributed by atoms with Gasteiger partial charge in [0.15, 0.2) is 5.78 Å². The van der Waals surface area contributed by atoms with Gasteiger partial charge in [-0.3, -0.25) is 4.79 Å². The summed E-state index contributed by atoms with van der Waals surface area (Å²) >= 11 is 0. The summed E-state index contributed by atoms with van der Waals surface area (Å²) in [5.41, 5.74) is 4.30. The molecule has 0 aliphatic heterocycles. The molecule has 1 aromatic rings. The van der Waals surface area contributed by atoms with Crippen LogP contribution in [0.15, 0.2) is 23.8 Å². The number of benzene rings is 1. The zero-order valence-corrected chi connectivity index (χ0v) is 9.96. The second-order valence-corrected chi connectivity index (χ2v) is 4.23. The Morgan fingerprint density at radius 2 is 1.94 bits per heavy atom. The van der Waals surface area contributed by atoms with Crippen LogP contribution in [0, 0.1) is 6.92 Å². The number of carbonyl (C=O) groups excluding carboxylic acids is 1. The molecule has 0 aromatic heterocycles. The summed E-state index contributed by atoms with van der Waals surface area (Å²) in [5, 5.41) is 0. The summed E-state index contributed by atoms with van der Waals surface area (Å²) in [6.07, 6.45) is 1.47. The van der Waals surface area contributed by atoms with Gasteiger partial charge in [0.05, 0.1) is 7.11 Å². The molecule has 2 nitrogen and oxygen atoms in total. The predicted octanol–water partition coefficient (Wildman–Crippen LogP) is 3.14. The Hall–Kier alpha value is -1.57. The minimum atomic E-state index is 0.263. The number of allylic oxidation sites excluding steroid dienone is 2. The third-order valence-electron chi connectivity index (χ3n) is 3.15. The normalized spacial score (nSPS) is 15.8. The van der Waals surface area contributed by atoms with Crippen LogP contribution in [0.1, 0.15) is 30.9 Å². The molecule has 0 unspecified atom stereocenters. The Bertz CT molecular complexity index is 470. The Balaban J connectivity index is 2.55. The second kappa shape index (κ2) is 4.12. The lowest BCUT2D eigenvalue weighted by Gasteiger charge is -2.11. The monoisotopic (exact) mass is 216 g/mol. The quantitative estimate of drug-likeness (QED) is 0.759. The van der Waals surface area contributed by atoms with Crippen LogP contribution >= 0.6 is 0 Å². The van der Waals surface area contributed by atoms with Gasteiger partial charge in [-0.25, -0.2) is 0 Å². The van der Waals surface area contributed by atoms with E-state index in [-0.39, 0.29) is 5.78 Å². The standard InChI is InChI=1S/C14H16O2/c1-9-4-7-14(16-3)12(8-9)11-5-6-13(15)10(11)2/h4,7-8H,5-6H2,1-3H3. The molecule has 1 aromatic carbocycles. The zero-order valence-electron chi connectivity index (χ0n) is 9.96. The van der Waals surface area contributed by atoms with E-state index >= 15 is 0 Å². The first-order chi connectivity index (χ1) is 7.63. The Labute approximate surface area is 95.9 Å². The van der Waals surface area contributed by atoms with Crippen molar-refractivity contribution in [2.24, 2.45) is 0 Å². The van der Waals surface area contributed by atoms with E-state index in [0.717, 1.165) is 28.9 Å². The minimum absolute atomic E-state index is 0.263. The number of rotatable bonds is 2. The Kier molecular flexibility index (Phi) is 2.82. The van der Waals surface area contributed by atoms with Crippen molar-refractivity contribution in [3.05, 3.63) is 34.9 Å². The Morgan fingerprint density at radius 3 is 2.50 bits per heavy atom. The van der Waals surface area contributed by atoms with Crippen LogP contribution in [-0.4, -0.2) is 12.9 Å². The van der Waals surface area contributed by atoms with E-state index in [1.807, 2.05) is 19.1 Å². The summed E-state index contributed by atoms with van der Waals surface area (Å²) in [5.74, 6) is 1.12. The maximum atomic E-state index is 11.5. The van der Waals surface area contributed by atoms with E-state index in [4.69, 9.17) is 4.74 Å². The van der Waals surface area contributed by atoms with Gasteiger partial charge in [0, 0.05) is 12.0 Å². The van der Waals surface area contributed by atoms with Gasteiger partial charge in [-0.15, -0.1) is 0 Å². The van der Waals surface area contributed by atoms with E-state index in [9.17, 15) is 4.79 Å². The zero-order chi connectivity index (χ0) is 11.7. The fraction of sp³-hybridized carbons (Fsp3) is 0.357. The van der Waals surface area contributed by atoms with Crippen molar-refractivity contribution < 1.29 is 9.53 Å². The molecule has 16 heavy (non-hydrogen) atoms. The van der Waals surface area contributed by atoms with Crippen LogP contribution in [-0.2, 0) is 4.79 Å². The molecule has 1 aliphatic carbocycles. The molecule has 0 saturated carbocycles. The molecule has 84 valence electrons. The first-order valence-electron chi connectivity index (χ1n) is 5.51. The van der Waals surface area contributed by atoms with Crippen LogP contribution in [0.2, 0.25) is 0 Å². The summed E-state index contributed by atoms with van der Waals surface area (Å²) in [6.45, 7) is 3.96. The molecule has 0 N–H and O–H groups in total. The smallest absolute Gasteiger partial charge is 0.159 e. The average molecular weight is 216 g/mol. The molecule has 0 atom stereocenters. The summed E-state index contributed by atoms with van der Waals surface area (Å²) in [7, 11) is 1.67. The van der Waals surface area contributed by atoms with Gasteiger partial charge in [-0.05, 0) is 43.5 Å². The van der Waals surface area contributed by atoms with Crippen molar-refractivity contribution in [1.29, 1.82) is 0 Å². The SMILES string of the molecule is COc1ccc(C)cc1C1=C(C)C(=O)CC1. The number of carbonyl (C=O) groups is 1. The van der Waals surface area contributed by atoms with E-state index in [1.165, 1.54) is 5.56 Å². The van der Waals surface area contributed by atoms with Crippen molar-refractivity contribution in [3.8, 4) is 5.75 Å². The maximum absolute atomic E-state index is 11.5. The maximum Gasteiger partial charge on any atom is 0.159 e. The van der Waals surface area contributed by atoms with E-state index in [2.05, 4.69) is 13.0 Å². The average Bonchev–Trinajstić information content (AvgIpc) is 2.60. The van der Waals surface area contributed by atoms with Crippen molar-refractivity contribution in [1.82, 2.24) is 0 Å². The highest BCUT2D eigenvalue weighted by atomic mass is 16.5. The van der Waals surface area contributed by atoms with Gasteiger partial charge in [0.1, 0.15) is 5.75 Å². The molecule has 2 rings (SSSR count). The van der Waals surface area contributed by atoms with Crippen molar-refractivity contribution in [3.63, 3.8) is 0 Å². The van der Waals surface area contributed by atoms with Gasteiger partial charge >= 0.3 is 0 Å². The molecule has 0 amide bonds. The van der Waals surface area contributed by atoms with Crippen LogP contribution in [0.3, 0.4) is 0 Å². The molecular formula is C14H16O2. The fourth-order valence-corrected chi connectivity index (χ4v) is 2.18. The fourth-order valence-electron chi connectivity index (χ4n) is 2.18. The Morgan fingerprint density at radius 1 is 1.19 bits per heavy atom. The summed E-state index contributed by atoms with van der Waals surface area (Å²) in [4.78, 5) is 11.5. The highest BCUT2D eigenvalue weighted by molar-refractivity contribution is 6.07. The second-order valence-electron chi connectivity index (χ2n) is 4.23. The molecule has 0 fully saturated rings. The topological polar surface area (TPSA) is 26.3 Å². The van der Waals surface area contributed by atoms with Crippen LogP contribution in [0.5, 0.6) is 5.75 Å². The number of Topliss-reactive ketones (excluding diaryl/α,β-unsaturated/α-hetero) is 1. The predicted molar refractivity (Wildman–Crippen MR) is 64.6 cm³/mol. The van der Waals surface area contributed by atoms with Crippen LogP contribution < -0.4 is 4.74 Å². The van der Waals surface area contributed by atoms with Gasteiger partial charge in [0.2, 0.25) is 0 Å². The highest BCUT2D eigenvalue weighted by Crippen LogP contribution is 2.36. The van der Waals surface area contributed by atoms with Gasteiger partial charge in [-0.2, -0.15) is 0 Å². The molecule has 0 heterocycles. The van der Waals surface area contributed by atoms with Crippen LogP contribution in [0.4, 0.5) is 0 Å². The molecular weight excluding hydrogens is 200 g/mol. The number of hydrogen-bond acceptors (Lipinski definition) is 2. The molecule has 1 aliphatic rings. The molecule has 0 saturated heterocycles. The van der Waals surface area contributed by atoms with E-state index in [0.29, 0.717) is 6.42 Å². The third kappa shape index (κ3) is 1.75. The first kappa shape index (κ1) is 10.9. The lowest BCUT2D eigenvalue weighted by atomic mass is 9.99. The molecule has 0 radical (unpaired) electrons. The number of methoxy groups -OCH3 is 1. The van der Waals surface area contributed by atoms with E-state index < -0.39 is 0 Å². The van der Waals surface area contributed by atoms with Crippen LogP contribution in [0.25, 0.3) is 5.57 Å². The number of ether oxygens (including phenoxy) is 1. The largest absolute Gasteiger partial charge is 0.496 e. The molecule has 2 heteroatoms. The number of aryl methyl sites for hydroxylation is 1. The minimum Gasteiger partial charge on any atom is -0.496 e. The number of ketones is 1. The summed E-state index contributed by atoms with van der Waals surface area (Å²) in [6, 6.07) is 6.08. The van der Waals surface area contributed by atoms with Gasteiger partial charge in [0.25, 0.3) is 0 Å². The highest BCUT2D eigenvalue weighted by Gasteiger charge is 2.22. The van der Waals surface area contributed by atoms with Crippen molar-refractivity contribution in [2.75, 3.05) is 7.11 Å². The number of hydrogen-bond donors (Lipinski definition) is 0. The molecule has 0 bridgehead atoms.